The zero-order valence-corrected chi connectivity index (χ0v) is 14.3. The number of rotatable bonds is 5. The van der Waals surface area contributed by atoms with E-state index in [9.17, 15) is 4.79 Å². The molecule has 0 fully saturated rings. The Kier molecular flexibility index (Phi) is 4.87. The molecule has 0 aliphatic carbocycles. The average molecular weight is 365 g/mol. The maximum atomic E-state index is 12.2. The lowest BCUT2D eigenvalue weighted by atomic mass is 10.3. The number of hydrogen-bond donors (Lipinski definition) is 1. The number of amides is 1. The van der Waals surface area contributed by atoms with Crippen LogP contribution in [-0.4, -0.2) is 26.6 Å². The topological polar surface area (TPSA) is 68.5 Å². The quantitative estimate of drug-likeness (QED) is 0.754. The number of nitrogens with one attached hydrogen (secondary N) is 1. The van der Waals surface area contributed by atoms with Gasteiger partial charge < -0.3 is 10.1 Å². The maximum Gasteiger partial charge on any atom is 0.261 e. The van der Waals surface area contributed by atoms with Crippen LogP contribution >= 0.6 is 23.2 Å². The fourth-order valence-electron chi connectivity index (χ4n) is 2.14. The fraction of sp³-hybridized carbons (Fsp3) is 0.188. The van der Waals surface area contributed by atoms with Crippen LogP contribution in [0.2, 0.25) is 10.0 Å². The zero-order valence-electron chi connectivity index (χ0n) is 12.7. The van der Waals surface area contributed by atoms with Gasteiger partial charge in [0, 0.05) is 11.2 Å². The number of benzene rings is 1. The minimum Gasteiger partial charge on any atom is -0.479 e. The van der Waals surface area contributed by atoms with Crippen LogP contribution in [0.5, 0.6) is 5.75 Å². The molecule has 2 heterocycles. The summed E-state index contributed by atoms with van der Waals surface area (Å²) >= 11 is 11.9. The lowest BCUT2D eigenvalue weighted by molar-refractivity contribution is -0.127. The van der Waals surface area contributed by atoms with E-state index in [2.05, 4.69) is 15.5 Å². The summed E-state index contributed by atoms with van der Waals surface area (Å²) in [7, 11) is 0. The molecule has 3 aromatic rings. The summed E-state index contributed by atoms with van der Waals surface area (Å²) in [5.74, 6) is 0.751. The van der Waals surface area contributed by atoms with Gasteiger partial charge in [-0.15, -0.1) is 10.2 Å². The van der Waals surface area contributed by atoms with E-state index >= 15 is 0 Å². The van der Waals surface area contributed by atoms with Gasteiger partial charge in [-0.3, -0.25) is 9.20 Å². The Hall–Kier alpha value is -2.31. The second-order valence-corrected chi connectivity index (χ2v) is 5.94. The molecule has 0 saturated carbocycles. The molecule has 2 aromatic heterocycles. The van der Waals surface area contributed by atoms with Crippen LogP contribution in [-0.2, 0) is 11.3 Å². The van der Waals surface area contributed by atoms with Crippen molar-refractivity contribution in [2.75, 3.05) is 0 Å². The Morgan fingerprint density at radius 2 is 2.12 bits per heavy atom. The highest BCUT2D eigenvalue weighted by molar-refractivity contribution is 6.35. The third kappa shape index (κ3) is 3.60. The molecule has 0 aliphatic heterocycles. The second-order valence-electron chi connectivity index (χ2n) is 5.10. The summed E-state index contributed by atoms with van der Waals surface area (Å²) in [4.78, 5) is 12.2. The third-order valence-corrected chi connectivity index (χ3v) is 3.90. The van der Waals surface area contributed by atoms with Gasteiger partial charge in [-0.25, -0.2) is 0 Å². The van der Waals surface area contributed by atoms with Crippen molar-refractivity contribution >= 4 is 34.8 Å². The first-order valence-corrected chi connectivity index (χ1v) is 7.98. The molecular weight excluding hydrogens is 351 g/mol. The number of carbonyl (C=O) groups excluding carboxylic acids is 1. The molecule has 3 rings (SSSR count). The van der Waals surface area contributed by atoms with E-state index in [1.54, 1.807) is 25.1 Å². The molecule has 1 aromatic carbocycles. The van der Waals surface area contributed by atoms with Crippen LogP contribution in [0.25, 0.3) is 5.65 Å². The molecule has 1 amide bonds. The monoisotopic (exact) mass is 364 g/mol. The molecule has 0 spiro atoms. The van der Waals surface area contributed by atoms with Gasteiger partial charge in [0.1, 0.15) is 5.75 Å². The van der Waals surface area contributed by atoms with Crippen LogP contribution < -0.4 is 10.1 Å². The number of ether oxygens (including phenoxy) is 1. The van der Waals surface area contributed by atoms with Crippen molar-refractivity contribution in [2.45, 2.75) is 19.6 Å². The van der Waals surface area contributed by atoms with Crippen molar-refractivity contribution in [1.82, 2.24) is 19.9 Å². The van der Waals surface area contributed by atoms with Gasteiger partial charge in [-0.05, 0) is 37.3 Å². The maximum absolute atomic E-state index is 12.2. The molecule has 6 nitrogen and oxygen atoms in total. The SMILES string of the molecule is C[C@H](Oc1ccc(Cl)cc1Cl)C(=O)NCc1nnc2ccccn12. The van der Waals surface area contributed by atoms with Crippen molar-refractivity contribution in [2.24, 2.45) is 0 Å². The number of fused-ring (bicyclic) bond motifs is 1. The highest BCUT2D eigenvalue weighted by Gasteiger charge is 2.17. The molecule has 0 unspecified atom stereocenters. The Bertz CT molecular complexity index is 881. The van der Waals surface area contributed by atoms with E-state index in [1.807, 2.05) is 28.8 Å². The van der Waals surface area contributed by atoms with Gasteiger partial charge in [0.2, 0.25) is 0 Å². The first-order chi connectivity index (χ1) is 11.5. The van der Waals surface area contributed by atoms with Gasteiger partial charge in [0.05, 0.1) is 11.6 Å². The van der Waals surface area contributed by atoms with Crippen molar-refractivity contribution < 1.29 is 9.53 Å². The molecule has 0 bridgehead atoms. The lowest BCUT2D eigenvalue weighted by Crippen LogP contribution is -2.36. The standard InChI is InChI=1S/C16H14Cl2N4O2/c1-10(24-13-6-5-11(17)8-12(13)18)16(23)19-9-15-21-20-14-4-2-3-7-22(14)15/h2-8,10H,9H2,1H3,(H,19,23)/t10-/m0/s1. The smallest absolute Gasteiger partial charge is 0.261 e. The molecule has 1 atom stereocenters. The number of carbonyl (C=O) groups is 1. The summed E-state index contributed by atoms with van der Waals surface area (Å²) in [5, 5.41) is 11.7. The second kappa shape index (κ2) is 7.07. The Morgan fingerprint density at radius 3 is 2.92 bits per heavy atom. The Labute approximate surface area is 148 Å². The third-order valence-electron chi connectivity index (χ3n) is 3.37. The Morgan fingerprint density at radius 1 is 1.29 bits per heavy atom. The lowest BCUT2D eigenvalue weighted by Gasteiger charge is -2.15. The molecule has 24 heavy (non-hydrogen) atoms. The molecule has 0 radical (unpaired) electrons. The fourth-order valence-corrected chi connectivity index (χ4v) is 2.59. The minimum atomic E-state index is -0.720. The van der Waals surface area contributed by atoms with Gasteiger partial charge in [0.25, 0.3) is 5.91 Å². The minimum absolute atomic E-state index is 0.242. The molecule has 0 saturated heterocycles. The predicted octanol–water partition coefficient (Wildman–Crippen LogP) is 3.12. The van der Waals surface area contributed by atoms with Crippen molar-refractivity contribution in [3.63, 3.8) is 0 Å². The Balaban J connectivity index is 1.62. The van der Waals surface area contributed by atoms with Crippen molar-refractivity contribution in [1.29, 1.82) is 0 Å². The largest absolute Gasteiger partial charge is 0.479 e. The van der Waals surface area contributed by atoms with E-state index < -0.39 is 6.10 Å². The van der Waals surface area contributed by atoms with E-state index in [4.69, 9.17) is 27.9 Å². The van der Waals surface area contributed by atoms with E-state index in [0.717, 1.165) is 5.65 Å². The number of pyridine rings is 1. The van der Waals surface area contributed by atoms with Gasteiger partial charge in [-0.1, -0.05) is 29.3 Å². The van der Waals surface area contributed by atoms with Crippen LogP contribution in [0.1, 0.15) is 12.7 Å². The number of nitrogens with zero attached hydrogens (tertiary/aromatic N) is 3. The summed E-state index contributed by atoms with van der Waals surface area (Å²) in [6.07, 6.45) is 1.12. The van der Waals surface area contributed by atoms with E-state index in [0.29, 0.717) is 21.6 Å². The number of halogens is 2. The summed E-state index contributed by atoms with van der Waals surface area (Å²) in [6, 6.07) is 10.4. The van der Waals surface area contributed by atoms with Crippen LogP contribution in [0.4, 0.5) is 0 Å². The summed E-state index contributed by atoms with van der Waals surface area (Å²) in [5.41, 5.74) is 0.721. The average Bonchev–Trinajstić information content (AvgIpc) is 2.98. The predicted molar refractivity (Wildman–Crippen MR) is 91.4 cm³/mol. The highest BCUT2D eigenvalue weighted by atomic mass is 35.5. The van der Waals surface area contributed by atoms with Crippen molar-refractivity contribution in [3.8, 4) is 5.75 Å². The van der Waals surface area contributed by atoms with Gasteiger partial charge >= 0.3 is 0 Å². The highest BCUT2D eigenvalue weighted by Crippen LogP contribution is 2.28. The molecule has 0 aliphatic rings. The van der Waals surface area contributed by atoms with Crippen LogP contribution in [0.3, 0.4) is 0 Å². The summed E-state index contributed by atoms with van der Waals surface area (Å²) in [6.45, 7) is 1.88. The van der Waals surface area contributed by atoms with Gasteiger partial charge in [0.15, 0.2) is 17.6 Å². The first kappa shape index (κ1) is 16.5. The van der Waals surface area contributed by atoms with E-state index in [-0.39, 0.29) is 12.5 Å². The summed E-state index contributed by atoms with van der Waals surface area (Å²) < 4.78 is 7.38. The van der Waals surface area contributed by atoms with Crippen LogP contribution in [0, 0.1) is 0 Å². The zero-order chi connectivity index (χ0) is 17.1. The molecular formula is C16H14Cl2N4O2. The first-order valence-electron chi connectivity index (χ1n) is 7.22. The van der Waals surface area contributed by atoms with Crippen LogP contribution in [0.15, 0.2) is 42.6 Å². The number of aromatic nitrogens is 3. The number of hydrogen-bond acceptors (Lipinski definition) is 4. The molecule has 1 N–H and O–H groups in total. The van der Waals surface area contributed by atoms with Gasteiger partial charge in [-0.2, -0.15) is 0 Å². The molecule has 124 valence electrons. The molecule has 8 heteroatoms. The van der Waals surface area contributed by atoms with E-state index in [1.165, 1.54) is 0 Å². The normalized spacial score (nSPS) is 12.1. The van der Waals surface area contributed by atoms with Crippen molar-refractivity contribution in [3.05, 3.63) is 58.5 Å².